The molecule has 4 aromatic rings. The van der Waals surface area contributed by atoms with Crippen molar-refractivity contribution >= 4 is 20.7 Å². The van der Waals surface area contributed by atoms with Crippen LogP contribution in [0.5, 0.6) is 0 Å². The van der Waals surface area contributed by atoms with Crippen LogP contribution in [0.2, 0.25) is 0 Å². The molecular weight excluding hydrogens is 328 g/mol. The summed E-state index contributed by atoms with van der Waals surface area (Å²) in [6.07, 6.45) is 2.87. The van der Waals surface area contributed by atoms with Gasteiger partial charge in [0, 0.05) is 17.2 Å². The van der Waals surface area contributed by atoms with E-state index in [0.29, 0.717) is 17.3 Å². The number of aromatic nitrogens is 4. The Labute approximate surface area is 137 Å². The van der Waals surface area contributed by atoms with E-state index in [-0.39, 0.29) is 4.90 Å². The molecule has 1 N–H and O–H groups in total. The third-order valence-electron chi connectivity index (χ3n) is 3.68. The smallest absolute Gasteiger partial charge is 0.258 e. The summed E-state index contributed by atoms with van der Waals surface area (Å²) in [7, 11) is -3.23. The Hall–Kier alpha value is -3.00. The van der Waals surface area contributed by atoms with Crippen LogP contribution in [0, 0.1) is 0 Å². The monoisotopic (exact) mass is 340 g/mol. The first-order valence-electron chi connectivity index (χ1n) is 7.09. The number of benzene rings is 2. The van der Waals surface area contributed by atoms with Gasteiger partial charge in [0.1, 0.15) is 0 Å². The summed E-state index contributed by atoms with van der Waals surface area (Å²) in [5.74, 6) is 0.773. The molecule has 120 valence electrons. The third-order valence-corrected chi connectivity index (χ3v) is 4.81. The standard InChI is InChI=1S/C16H12N4O3S/c1-24(21,22)11-7-5-10(6-8-11)15-18-16(23-20-15)12-3-2-4-14-13(12)9-17-19-14/h2-9H,1H3,(H,17,19). The summed E-state index contributed by atoms with van der Waals surface area (Å²) in [4.78, 5) is 4.65. The van der Waals surface area contributed by atoms with Crippen molar-refractivity contribution < 1.29 is 12.9 Å². The van der Waals surface area contributed by atoms with E-state index in [1.54, 1.807) is 18.3 Å². The summed E-state index contributed by atoms with van der Waals surface area (Å²) in [6.45, 7) is 0. The number of aromatic amines is 1. The van der Waals surface area contributed by atoms with E-state index in [4.69, 9.17) is 4.52 Å². The Morgan fingerprint density at radius 2 is 1.88 bits per heavy atom. The van der Waals surface area contributed by atoms with Gasteiger partial charge in [0.15, 0.2) is 9.84 Å². The Morgan fingerprint density at radius 3 is 2.62 bits per heavy atom. The molecule has 0 bridgehead atoms. The molecule has 0 amide bonds. The van der Waals surface area contributed by atoms with E-state index in [9.17, 15) is 8.42 Å². The second kappa shape index (κ2) is 5.27. The molecule has 7 nitrogen and oxygen atoms in total. The van der Waals surface area contributed by atoms with Gasteiger partial charge in [-0.3, -0.25) is 5.10 Å². The first-order chi connectivity index (χ1) is 11.5. The highest BCUT2D eigenvalue weighted by Gasteiger charge is 2.14. The fourth-order valence-corrected chi connectivity index (χ4v) is 3.09. The number of fused-ring (bicyclic) bond motifs is 1. The molecule has 24 heavy (non-hydrogen) atoms. The van der Waals surface area contributed by atoms with Crippen LogP contribution < -0.4 is 0 Å². The van der Waals surface area contributed by atoms with Crippen molar-refractivity contribution in [2.45, 2.75) is 4.90 Å². The topological polar surface area (TPSA) is 102 Å². The number of sulfone groups is 1. The highest BCUT2D eigenvalue weighted by molar-refractivity contribution is 7.90. The van der Waals surface area contributed by atoms with Gasteiger partial charge in [0.25, 0.3) is 5.89 Å². The predicted octanol–water partition coefficient (Wildman–Crippen LogP) is 2.68. The molecule has 0 aliphatic heterocycles. The van der Waals surface area contributed by atoms with Crippen molar-refractivity contribution in [3.8, 4) is 22.8 Å². The summed E-state index contributed by atoms with van der Waals surface area (Å²) >= 11 is 0. The first-order valence-corrected chi connectivity index (χ1v) is 8.98. The minimum Gasteiger partial charge on any atom is -0.334 e. The zero-order valence-electron chi connectivity index (χ0n) is 12.6. The maximum absolute atomic E-state index is 11.5. The van der Waals surface area contributed by atoms with E-state index < -0.39 is 9.84 Å². The van der Waals surface area contributed by atoms with Crippen LogP contribution in [-0.2, 0) is 9.84 Å². The van der Waals surface area contributed by atoms with Gasteiger partial charge in [0.05, 0.1) is 22.2 Å². The van der Waals surface area contributed by atoms with Crippen molar-refractivity contribution in [1.29, 1.82) is 0 Å². The molecule has 0 spiro atoms. The van der Waals surface area contributed by atoms with Crippen molar-refractivity contribution in [2.24, 2.45) is 0 Å². The Kier molecular flexibility index (Phi) is 3.20. The molecular formula is C16H12N4O3S. The molecule has 0 radical (unpaired) electrons. The fraction of sp³-hybridized carbons (Fsp3) is 0.0625. The van der Waals surface area contributed by atoms with Gasteiger partial charge in [-0.1, -0.05) is 11.2 Å². The average molecular weight is 340 g/mol. The molecule has 2 heterocycles. The average Bonchev–Trinajstić information content (AvgIpc) is 3.23. The molecule has 0 saturated heterocycles. The lowest BCUT2D eigenvalue weighted by atomic mass is 10.1. The number of nitrogens with zero attached hydrogens (tertiary/aromatic N) is 3. The summed E-state index contributed by atoms with van der Waals surface area (Å²) in [6, 6.07) is 12.0. The summed E-state index contributed by atoms with van der Waals surface area (Å²) in [5.41, 5.74) is 2.34. The third kappa shape index (κ3) is 2.46. The maximum atomic E-state index is 11.5. The van der Waals surface area contributed by atoms with E-state index in [2.05, 4.69) is 20.3 Å². The Bertz CT molecular complexity index is 1130. The zero-order chi connectivity index (χ0) is 16.7. The minimum absolute atomic E-state index is 0.248. The number of rotatable bonds is 3. The Morgan fingerprint density at radius 1 is 1.08 bits per heavy atom. The second-order valence-corrected chi connectivity index (χ2v) is 7.37. The van der Waals surface area contributed by atoms with Crippen molar-refractivity contribution in [1.82, 2.24) is 20.3 Å². The number of hydrogen-bond acceptors (Lipinski definition) is 6. The van der Waals surface area contributed by atoms with Gasteiger partial charge in [-0.15, -0.1) is 0 Å². The van der Waals surface area contributed by atoms with E-state index in [1.165, 1.54) is 18.4 Å². The van der Waals surface area contributed by atoms with E-state index >= 15 is 0 Å². The van der Waals surface area contributed by atoms with Crippen LogP contribution in [0.4, 0.5) is 0 Å². The van der Waals surface area contributed by atoms with E-state index in [1.807, 2.05) is 18.2 Å². The van der Waals surface area contributed by atoms with Crippen molar-refractivity contribution in [2.75, 3.05) is 6.26 Å². The molecule has 2 aromatic carbocycles. The van der Waals surface area contributed by atoms with Gasteiger partial charge in [0.2, 0.25) is 5.82 Å². The highest BCUT2D eigenvalue weighted by atomic mass is 32.2. The lowest BCUT2D eigenvalue weighted by Crippen LogP contribution is -1.96. The minimum atomic E-state index is -3.23. The molecule has 2 aromatic heterocycles. The number of nitrogens with one attached hydrogen (secondary N) is 1. The zero-order valence-corrected chi connectivity index (χ0v) is 13.4. The quantitative estimate of drug-likeness (QED) is 0.615. The highest BCUT2D eigenvalue weighted by Crippen LogP contribution is 2.28. The number of H-pyrrole nitrogens is 1. The molecule has 0 fully saturated rings. The van der Waals surface area contributed by atoms with Crippen LogP contribution >= 0.6 is 0 Å². The van der Waals surface area contributed by atoms with Gasteiger partial charge < -0.3 is 4.52 Å². The molecule has 0 aliphatic rings. The van der Waals surface area contributed by atoms with Crippen LogP contribution in [0.25, 0.3) is 33.7 Å². The molecule has 8 heteroatoms. The summed E-state index contributed by atoms with van der Waals surface area (Å²) in [5, 5.41) is 11.8. The molecule has 0 aliphatic carbocycles. The molecule has 0 atom stereocenters. The van der Waals surface area contributed by atoms with Crippen LogP contribution in [0.15, 0.2) is 58.1 Å². The van der Waals surface area contributed by atoms with Crippen LogP contribution in [0.1, 0.15) is 0 Å². The van der Waals surface area contributed by atoms with Gasteiger partial charge in [-0.2, -0.15) is 10.1 Å². The lowest BCUT2D eigenvalue weighted by molar-refractivity contribution is 0.432. The largest absolute Gasteiger partial charge is 0.334 e. The normalized spacial score (nSPS) is 11.9. The summed E-state index contributed by atoms with van der Waals surface area (Å²) < 4.78 is 28.4. The lowest BCUT2D eigenvalue weighted by Gasteiger charge is -1.98. The maximum Gasteiger partial charge on any atom is 0.258 e. The van der Waals surface area contributed by atoms with Crippen LogP contribution in [-0.4, -0.2) is 35.0 Å². The Balaban J connectivity index is 1.74. The molecule has 0 unspecified atom stereocenters. The van der Waals surface area contributed by atoms with Crippen LogP contribution in [0.3, 0.4) is 0 Å². The first kappa shape index (κ1) is 14.6. The number of hydrogen-bond donors (Lipinski definition) is 1. The second-order valence-electron chi connectivity index (χ2n) is 5.36. The molecule has 4 rings (SSSR count). The van der Waals surface area contributed by atoms with Crippen molar-refractivity contribution in [3.63, 3.8) is 0 Å². The van der Waals surface area contributed by atoms with Gasteiger partial charge >= 0.3 is 0 Å². The van der Waals surface area contributed by atoms with E-state index in [0.717, 1.165) is 16.5 Å². The van der Waals surface area contributed by atoms with Gasteiger partial charge in [-0.25, -0.2) is 8.42 Å². The fourth-order valence-electron chi connectivity index (χ4n) is 2.46. The van der Waals surface area contributed by atoms with Gasteiger partial charge in [-0.05, 0) is 36.4 Å². The predicted molar refractivity (Wildman–Crippen MR) is 87.9 cm³/mol. The van der Waals surface area contributed by atoms with Crippen molar-refractivity contribution in [3.05, 3.63) is 48.7 Å². The SMILES string of the molecule is CS(=O)(=O)c1ccc(-c2noc(-c3cccc4[nH]ncc34)n2)cc1. The molecule has 0 saturated carbocycles.